The van der Waals surface area contributed by atoms with Crippen LogP contribution in [0.5, 0.6) is 11.5 Å². The van der Waals surface area contributed by atoms with Crippen molar-refractivity contribution in [3.63, 3.8) is 0 Å². The Hall–Kier alpha value is -3.48. The molecule has 1 fully saturated rings. The Morgan fingerprint density at radius 1 is 0.879 bits per heavy atom. The number of carbonyl (C=O) groups is 1. The predicted octanol–water partition coefficient (Wildman–Crippen LogP) is 6.07. The Bertz CT molecular complexity index is 1100. The van der Waals surface area contributed by atoms with E-state index in [0.717, 1.165) is 36.1 Å². The maximum atomic E-state index is 12.7. The summed E-state index contributed by atoms with van der Waals surface area (Å²) in [7, 11) is 1.40. The van der Waals surface area contributed by atoms with E-state index in [4.69, 9.17) is 14.2 Å². The summed E-state index contributed by atoms with van der Waals surface area (Å²) in [6, 6.07) is 19.7. The quantitative estimate of drug-likeness (QED) is 0.386. The summed E-state index contributed by atoms with van der Waals surface area (Å²) in [5.74, 6) is 1.03. The fraction of sp³-hybridized carbons (Fsp3) is 0.269. The third-order valence-electron chi connectivity index (χ3n) is 5.78. The molecule has 0 amide bonds. The monoisotopic (exact) mass is 456 g/mol. The van der Waals surface area contributed by atoms with E-state index in [2.05, 4.69) is 0 Å². The smallest absolute Gasteiger partial charge is 0.416 e. The molecule has 1 aliphatic carbocycles. The van der Waals surface area contributed by atoms with Gasteiger partial charge in [-0.1, -0.05) is 42.5 Å². The first-order valence-electron chi connectivity index (χ1n) is 10.5. The highest BCUT2D eigenvalue weighted by molar-refractivity contribution is 5.86. The summed E-state index contributed by atoms with van der Waals surface area (Å²) >= 11 is 0. The van der Waals surface area contributed by atoms with Crippen LogP contribution in [-0.4, -0.2) is 13.1 Å². The van der Waals surface area contributed by atoms with Crippen LogP contribution in [0, 0.1) is 0 Å². The number of methoxy groups -OCH3 is 1. The Morgan fingerprint density at radius 2 is 1.55 bits per heavy atom. The van der Waals surface area contributed by atoms with E-state index >= 15 is 0 Å². The highest BCUT2D eigenvalue weighted by Gasteiger charge is 2.52. The van der Waals surface area contributed by atoms with Gasteiger partial charge in [0.2, 0.25) is 0 Å². The number of halogens is 3. The first kappa shape index (κ1) is 22.7. The van der Waals surface area contributed by atoms with Crippen LogP contribution in [0.1, 0.15) is 35.1 Å². The molecule has 0 N–H and O–H groups in total. The molecule has 7 heteroatoms. The molecule has 4 rings (SSSR count). The largest absolute Gasteiger partial charge is 0.489 e. The molecule has 3 aromatic rings. The van der Waals surface area contributed by atoms with Gasteiger partial charge in [0, 0.05) is 5.56 Å². The van der Waals surface area contributed by atoms with Crippen molar-refractivity contribution in [1.29, 1.82) is 0 Å². The molecular formula is C26H23F3O4. The molecule has 0 heterocycles. The molecular weight excluding hydrogens is 433 g/mol. The third kappa shape index (κ3) is 5.13. The van der Waals surface area contributed by atoms with Crippen LogP contribution in [0.25, 0.3) is 0 Å². The SMILES string of the molecule is COC(=O)C1(c2ccc(OCc3ccccc3OCc3ccc(C(F)(F)F)cc3)cc2)CC1. The normalized spacial score (nSPS) is 14.4. The average molecular weight is 456 g/mol. The molecule has 0 radical (unpaired) electrons. The molecule has 1 aliphatic rings. The van der Waals surface area contributed by atoms with Crippen molar-refractivity contribution in [3.05, 3.63) is 95.1 Å². The van der Waals surface area contributed by atoms with Crippen LogP contribution in [0.3, 0.4) is 0 Å². The second-order valence-corrected chi connectivity index (χ2v) is 7.98. The van der Waals surface area contributed by atoms with Gasteiger partial charge >= 0.3 is 12.1 Å². The van der Waals surface area contributed by atoms with E-state index < -0.39 is 17.2 Å². The van der Waals surface area contributed by atoms with Crippen molar-refractivity contribution < 1.29 is 32.2 Å². The van der Waals surface area contributed by atoms with Gasteiger partial charge in [-0.2, -0.15) is 13.2 Å². The van der Waals surface area contributed by atoms with Gasteiger partial charge < -0.3 is 14.2 Å². The second-order valence-electron chi connectivity index (χ2n) is 7.98. The lowest BCUT2D eigenvalue weighted by atomic mass is 9.96. The van der Waals surface area contributed by atoms with Crippen molar-refractivity contribution in [1.82, 2.24) is 0 Å². The molecule has 0 saturated heterocycles. The van der Waals surface area contributed by atoms with E-state index in [1.54, 1.807) is 6.07 Å². The molecule has 172 valence electrons. The van der Waals surface area contributed by atoms with Gasteiger partial charge in [0.1, 0.15) is 24.7 Å². The zero-order valence-corrected chi connectivity index (χ0v) is 18.0. The highest BCUT2D eigenvalue weighted by atomic mass is 19.4. The number of hydrogen-bond donors (Lipinski definition) is 0. The second kappa shape index (κ2) is 9.17. The first-order chi connectivity index (χ1) is 15.8. The van der Waals surface area contributed by atoms with E-state index in [0.29, 0.717) is 17.1 Å². The van der Waals surface area contributed by atoms with Gasteiger partial charge in [-0.05, 0) is 54.3 Å². The van der Waals surface area contributed by atoms with Crippen LogP contribution >= 0.6 is 0 Å². The Labute approximate surface area is 189 Å². The Morgan fingerprint density at radius 3 is 2.15 bits per heavy atom. The van der Waals surface area contributed by atoms with Crippen molar-refractivity contribution in [2.24, 2.45) is 0 Å². The number of esters is 1. The molecule has 0 aromatic heterocycles. The summed E-state index contributed by atoms with van der Waals surface area (Å²) in [5, 5.41) is 0. The maximum Gasteiger partial charge on any atom is 0.416 e. The molecule has 0 unspecified atom stereocenters. The van der Waals surface area contributed by atoms with Crippen molar-refractivity contribution >= 4 is 5.97 Å². The third-order valence-corrected chi connectivity index (χ3v) is 5.78. The Kier molecular flexibility index (Phi) is 6.31. The topological polar surface area (TPSA) is 44.8 Å². The van der Waals surface area contributed by atoms with Crippen LogP contribution in [0.4, 0.5) is 13.2 Å². The lowest BCUT2D eigenvalue weighted by Crippen LogP contribution is -2.21. The first-order valence-corrected chi connectivity index (χ1v) is 10.5. The van der Waals surface area contributed by atoms with Gasteiger partial charge in [-0.25, -0.2) is 0 Å². The zero-order chi connectivity index (χ0) is 23.5. The predicted molar refractivity (Wildman–Crippen MR) is 116 cm³/mol. The van der Waals surface area contributed by atoms with Gasteiger partial charge in [-0.15, -0.1) is 0 Å². The molecule has 4 nitrogen and oxygen atoms in total. The maximum absolute atomic E-state index is 12.7. The number of ether oxygens (including phenoxy) is 3. The van der Waals surface area contributed by atoms with Gasteiger partial charge in [0.15, 0.2) is 0 Å². The molecule has 33 heavy (non-hydrogen) atoms. The highest BCUT2D eigenvalue weighted by Crippen LogP contribution is 2.49. The van der Waals surface area contributed by atoms with Crippen molar-refractivity contribution in [2.75, 3.05) is 7.11 Å². The zero-order valence-electron chi connectivity index (χ0n) is 18.0. The molecule has 0 spiro atoms. The lowest BCUT2D eigenvalue weighted by molar-refractivity contribution is -0.143. The summed E-state index contributed by atoms with van der Waals surface area (Å²) in [6.45, 7) is 0.393. The number of para-hydroxylation sites is 1. The minimum Gasteiger partial charge on any atom is -0.489 e. The van der Waals surface area contributed by atoms with Gasteiger partial charge in [0.05, 0.1) is 18.1 Å². The van der Waals surface area contributed by atoms with Crippen LogP contribution in [0.2, 0.25) is 0 Å². The summed E-state index contributed by atoms with van der Waals surface area (Å²) in [5.41, 5.74) is 1.15. The number of hydrogen-bond acceptors (Lipinski definition) is 4. The Balaban J connectivity index is 1.37. The minimum absolute atomic E-state index is 0.138. The van der Waals surface area contributed by atoms with E-state index in [-0.39, 0.29) is 19.2 Å². The number of rotatable bonds is 8. The molecule has 0 aliphatic heterocycles. The standard InChI is InChI=1S/C26H23F3O4/c1-31-24(30)25(14-15-25)20-10-12-22(13-11-20)32-17-19-4-2-3-5-23(19)33-16-18-6-8-21(9-7-18)26(27,28)29/h2-13H,14-17H2,1H3. The van der Waals surface area contributed by atoms with E-state index in [1.165, 1.54) is 19.2 Å². The fourth-order valence-corrected chi connectivity index (χ4v) is 3.68. The van der Waals surface area contributed by atoms with Crippen LogP contribution in [0.15, 0.2) is 72.8 Å². The van der Waals surface area contributed by atoms with Crippen LogP contribution in [-0.2, 0) is 34.3 Å². The number of benzene rings is 3. The minimum atomic E-state index is -4.36. The molecule has 1 saturated carbocycles. The summed E-state index contributed by atoms with van der Waals surface area (Å²) in [6.07, 6.45) is -2.80. The van der Waals surface area contributed by atoms with Gasteiger partial charge in [-0.3, -0.25) is 4.79 Å². The molecule has 0 bridgehead atoms. The van der Waals surface area contributed by atoms with Crippen molar-refractivity contribution in [3.8, 4) is 11.5 Å². The molecule has 0 atom stereocenters. The summed E-state index contributed by atoms with van der Waals surface area (Å²) in [4.78, 5) is 12.0. The van der Waals surface area contributed by atoms with E-state index in [9.17, 15) is 18.0 Å². The number of alkyl halides is 3. The summed E-state index contributed by atoms with van der Waals surface area (Å²) < 4.78 is 54.8. The van der Waals surface area contributed by atoms with Crippen molar-refractivity contribution in [2.45, 2.75) is 37.6 Å². The molecule has 3 aromatic carbocycles. The fourth-order valence-electron chi connectivity index (χ4n) is 3.68. The number of carbonyl (C=O) groups excluding carboxylic acids is 1. The van der Waals surface area contributed by atoms with Crippen LogP contribution < -0.4 is 9.47 Å². The lowest BCUT2D eigenvalue weighted by Gasteiger charge is -2.15. The average Bonchev–Trinajstić information content (AvgIpc) is 3.63. The van der Waals surface area contributed by atoms with Gasteiger partial charge in [0.25, 0.3) is 0 Å². The van der Waals surface area contributed by atoms with E-state index in [1.807, 2.05) is 42.5 Å².